The first-order valence-electron chi connectivity index (χ1n) is 4.79. The van der Waals surface area contributed by atoms with Crippen LogP contribution in [0, 0.1) is 0 Å². The maximum atomic E-state index is 2.25. The van der Waals surface area contributed by atoms with Gasteiger partial charge in [-0.25, -0.2) is 0 Å². The number of benzene rings is 1. The molecule has 0 bridgehead atoms. The lowest BCUT2D eigenvalue weighted by Crippen LogP contribution is -1.90. The first-order chi connectivity index (χ1) is 6.36. The molecule has 0 unspecified atom stereocenters. The largest absolute Gasteiger partial charge is 0.0839 e. The summed E-state index contributed by atoms with van der Waals surface area (Å²) >= 11 is 0. The van der Waals surface area contributed by atoms with Gasteiger partial charge in [0.05, 0.1) is 0 Å². The third-order valence-electron chi connectivity index (χ3n) is 2.40. The molecule has 1 aliphatic rings. The van der Waals surface area contributed by atoms with E-state index in [0.717, 1.165) is 12.8 Å². The molecule has 13 heavy (non-hydrogen) atoms. The fraction of sp³-hybridized carbons (Fsp3) is 0.231. The maximum Gasteiger partial charge on any atom is -0.0222 e. The van der Waals surface area contributed by atoms with Crippen molar-refractivity contribution in [2.24, 2.45) is 0 Å². The third kappa shape index (κ3) is 1.89. The highest BCUT2D eigenvalue weighted by molar-refractivity contribution is 5.59. The number of fused-ring (bicyclic) bond motifs is 1. The summed E-state index contributed by atoms with van der Waals surface area (Å²) in [6, 6.07) is 8.64. The van der Waals surface area contributed by atoms with Gasteiger partial charge in [0.2, 0.25) is 0 Å². The molecular weight excluding hydrogens is 156 g/mol. The van der Waals surface area contributed by atoms with Crippen LogP contribution in [0.1, 0.15) is 24.5 Å². The van der Waals surface area contributed by atoms with Crippen molar-refractivity contribution in [2.45, 2.75) is 19.8 Å². The van der Waals surface area contributed by atoms with Crippen molar-refractivity contribution in [3.63, 3.8) is 0 Å². The Morgan fingerprint density at radius 2 is 2.00 bits per heavy atom. The molecule has 2 rings (SSSR count). The Balaban J connectivity index is 2.48. The van der Waals surface area contributed by atoms with Gasteiger partial charge in [0, 0.05) is 0 Å². The minimum Gasteiger partial charge on any atom is -0.0839 e. The van der Waals surface area contributed by atoms with Gasteiger partial charge in [-0.15, -0.1) is 0 Å². The van der Waals surface area contributed by atoms with Gasteiger partial charge in [-0.1, -0.05) is 48.1 Å². The first-order valence-corrected chi connectivity index (χ1v) is 4.79. The Morgan fingerprint density at radius 3 is 2.92 bits per heavy atom. The summed E-state index contributed by atoms with van der Waals surface area (Å²) in [4.78, 5) is 0. The van der Waals surface area contributed by atoms with Gasteiger partial charge in [-0.3, -0.25) is 0 Å². The summed E-state index contributed by atoms with van der Waals surface area (Å²) in [5.74, 6) is 0. The van der Waals surface area contributed by atoms with Crippen molar-refractivity contribution in [1.29, 1.82) is 0 Å². The highest BCUT2D eigenvalue weighted by Gasteiger charge is 2.00. The summed E-state index contributed by atoms with van der Waals surface area (Å²) in [5.41, 5.74) is 4.18. The Labute approximate surface area is 79.6 Å². The second kappa shape index (κ2) is 3.61. The van der Waals surface area contributed by atoms with Crippen LogP contribution < -0.4 is 0 Å². The van der Waals surface area contributed by atoms with Gasteiger partial charge >= 0.3 is 0 Å². The lowest BCUT2D eigenvalue weighted by Gasteiger charge is -2.07. The number of allylic oxidation sites excluding steroid dienone is 3. The van der Waals surface area contributed by atoms with Gasteiger partial charge in [-0.05, 0) is 30.9 Å². The van der Waals surface area contributed by atoms with Crippen molar-refractivity contribution in [3.8, 4) is 0 Å². The molecular formula is C13H14. The molecule has 0 amide bonds. The molecule has 0 radical (unpaired) electrons. The van der Waals surface area contributed by atoms with Crippen LogP contribution in [0.5, 0.6) is 0 Å². The summed E-state index contributed by atoms with van der Waals surface area (Å²) < 4.78 is 0. The molecule has 1 aliphatic carbocycles. The summed E-state index contributed by atoms with van der Waals surface area (Å²) in [7, 11) is 0. The molecule has 0 saturated heterocycles. The zero-order chi connectivity index (χ0) is 9.10. The van der Waals surface area contributed by atoms with Gasteiger partial charge in [0.25, 0.3) is 0 Å². The van der Waals surface area contributed by atoms with Gasteiger partial charge < -0.3 is 0 Å². The van der Waals surface area contributed by atoms with E-state index in [2.05, 4.69) is 49.4 Å². The number of aryl methyl sites for hydroxylation is 1. The molecule has 0 spiro atoms. The summed E-state index contributed by atoms with van der Waals surface area (Å²) in [6.07, 6.45) is 9.03. The summed E-state index contributed by atoms with van der Waals surface area (Å²) in [5, 5.41) is 0. The molecule has 0 fully saturated rings. The SMILES string of the molecule is CC1=C/c2ccccc2CC/C=C\1. The van der Waals surface area contributed by atoms with E-state index in [1.54, 1.807) is 0 Å². The highest BCUT2D eigenvalue weighted by Crippen LogP contribution is 2.18. The number of hydrogen-bond acceptors (Lipinski definition) is 0. The van der Waals surface area contributed by atoms with Crippen LogP contribution in [-0.2, 0) is 6.42 Å². The van der Waals surface area contributed by atoms with E-state index in [9.17, 15) is 0 Å². The van der Waals surface area contributed by atoms with Crippen molar-refractivity contribution in [3.05, 3.63) is 53.1 Å². The predicted octanol–water partition coefficient (Wildman–Crippen LogP) is 3.59. The maximum absolute atomic E-state index is 2.25. The Bertz CT molecular complexity index is 356. The topological polar surface area (TPSA) is 0 Å². The Morgan fingerprint density at radius 1 is 1.15 bits per heavy atom. The van der Waals surface area contributed by atoms with Crippen LogP contribution in [0.2, 0.25) is 0 Å². The summed E-state index contributed by atoms with van der Waals surface area (Å²) in [6.45, 7) is 2.15. The van der Waals surface area contributed by atoms with Crippen LogP contribution in [0.25, 0.3) is 6.08 Å². The fourth-order valence-electron chi connectivity index (χ4n) is 1.70. The van der Waals surface area contributed by atoms with E-state index < -0.39 is 0 Å². The van der Waals surface area contributed by atoms with Gasteiger partial charge in [0.15, 0.2) is 0 Å². The standard InChI is InChI=1S/C13H14/c1-11-6-2-3-7-12-8-4-5-9-13(12)10-11/h2,4-6,8-10H,3,7H2,1H3/b6-2-,11-10-. The van der Waals surface area contributed by atoms with Crippen LogP contribution in [-0.4, -0.2) is 0 Å². The van der Waals surface area contributed by atoms with E-state index in [4.69, 9.17) is 0 Å². The molecule has 0 aliphatic heterocycles. The lowest BCUT2D eigenvalue weighted by molar-refractivity contribution is 0.993. The Hall–Kier alpha value is -1.30. The van der Waals surface area contributed by atoms with Crippen LogP contribution in [0.15, 0.2) is 42.0 Å². The zero-order valence-electron chi connectivity index (χ0n) is 7.96. The quantitative estimate of drug-likeness (QED) is 0.558. The smallest absolute Gasteiger partial charge is 0.0222 e. The van der Waals surface area contributed by atoms with Crippen LogP contribution in [0.3, 0.4) is 0 Å². The molecule has 0 heterocycles. The van der Waals surface area contributed by atoms with Crippen molar-refractivity contribution < 1.29 is 0 Å². The van der Waals surface area contributed by atoms with Gasteiger partial charge in [-0.2, -0.15) is 0 Å². The Kier molecular flexibility index (Phi) is 2.31. The zero-order valence-corrected chi connectivity index (χ0v) is 7.96. The van der Waals surface area contributed by atoms with E-state index in [-0.39, 0.29) is 0 Å². The van der Waals surface area contributed by atoms with E-state index in [1.165, 1.54) is 16.7 Å². The van der Waals surface area contributed by atoms with Crippen molar-refractivity contribution in [1.82, 2.24) is 0 Å². The second-order valence-corrected chi connectivity index (χ2v) is 3.53. The highest BCUT2D eigenvalue weighted by atomic mass is 14.0. The fourth-order valence-corrected chi connectivity index (χ4v) is 1.70. The molecule has 1 aromatic rings. The van der Waals surface area contributed by atoms with E-state index in [0.29, 0.717) is 0 Å². The van der Waals surface area contributed by atoms with Crippen molar-refractivity contribution in [2.75, 3.05) is 0 Å². The molecule has 0 atom stereocenters. The lowest BCUT2D eigenvalue weighted by atomic mass is 9.98. The van der Waals surface area contributed by atoms with E-state index >= 15 is 0 Å². The van der Waals surface area contributed by atoms with Gasteiger partial charge in [0.1, 0.15) is 0 Å². The van der Waals surface area contributed by atoms with Crippen LogP contribution in [0.4, 0.5) is 0 Å². The second-order valence-electron chi connectivity index (χ2n) is 3.53. The minimum atomic E-state index is 1.15. The first kappa shape index (κ1) is 8.31. The molecule has 0 aromatic heterocycles. The monoisotopic (exact) mass is 170 g/mol. The molecule has 66 valence electrons. The van der Waals surface area contributed by atoms with Crippen LogP contribution >= 0.6 is 0 Å². The molecule has 0 heteroatoms. The molecule has 0 nitrogen and oxygen atoms in total. The number of rotatable bonds is 0. The number of hydrogen-bond donors (Lipinski definition) is 0. The molecule has 1 aromatic carbocycles. The average molecular weight is 170 g/mol. The predicted molar refractivity (Wildman–Crippen MR) is 57.6 cm³/mol. The van der Waals surface area contributed by atoms with E-state index in [1.807, 2.05) is 0 Å². The molecule has 0 N–H and O–H groups in total. The minimum absolute atomic E-state index is 1.15. The normalized spacial score (nSPS) is 22.1. The average Bonchev–Trinajstić information content (AvgIpc) is 2.11. The molecule has 0 saturated carbocycles. The third-order valence-corrected chi connectivity index (χ3v) is 2.40. The van der Waals surface area contributed by atoms with Crippen molar-refractivity contribution >= 4 is 6.08 Å².